The molecule has 0 aliphatic rings. The van der Waals surface area contributed by atoms with Crippen molar-refractivity contribution in [3.8, 4) is 11.5 Å². The van der Waals surface area contributed by atoms with Crippen LogP contribution in [0.15, 0.2) is 67.1 Å². The van der Waals surface area contributed by atoms with E-state index < -0.39 is 0 Å². The fourth-order valence-corrected chi connectivity index (χ4v) is 2.48. The van der Waals surface area contributed by atoms with Crippen LogP contribution >= 0.6 is 0 Å². The first-order chi connectivity index (χ1) is 12.7. The lowest BCUT2D eigenvalue weighted by atomic mass is 10.3. The summed E-state index contributed by atoms with van der Waals surface area (Å²) in [6.45, 7) is 1.96. The van der Waals surface area contributed by atoms with Crippen molar-refractivity contribution in [3.63, 3.8) is 0 Å². The van der Waals surface area contributed by atoms with E-state index in [2.05, 4.69) is 20.5 Å². The third kappa shape index (κ3) is 3.23. The van der Waals surface area contributed by atoms with Crippen LogP contribution in [-0.4, -0.2) is 25.5 Å². The Hall–Kier alpha value is -3.74. The highest BCUT2D eigenvalue weighted by atomic mass is 16.5. The van der Waals surface area contributed by atoms with E-state index in [0.29, 0.717) is 22.8 Å². The van der Waals surface area contributed by atoms with E-state index in [9.17, 15) is 4.79 Å². The Balaban J connectivity index is 1.49. The molecule has 26 heavy (non-hydrogen) atoms. The molecule has 1 N–H and O–H groups in total. The lowest BCUT2D eigenvalue weighted by Crippen LogP contribution is -2.15. The Morgan fingerprint density at radius 2 is 1.92 bits per heavy atom. The number of benzene rings is 1. The highest BCUT2D eigenvalue weighted by molar-refractivity contribution is 6.02. The summed E-state index contributed by atoms with van der Waals surface area (Å²) in [5, 5.41) is 10.8. The Kier molecular flexibility index (Phi) is 4.03. The fourth-order valence-electron chi connectivity index (χ4n) is 2.48. The number of nitrogens with zero attached hydrogens (tertiary/aromatic N) is 4. The normalized spacial score (nSPS) is 10.7. The number of aryl methyl sites for hydroxylation is 1. The van der Waals surface area contributed by atoms with Crippen LogP contribution in [0.1, 0.15) is 16.2 Å². The number of carbonyl (C=O) groups is 1. The molecular formula is C19H15N5O2. The number of hydrogen-bond donors (Lipinski definition) is 1. The van der Waals surface area contributed by atoms with Crippen LogP contribution in [-0.2, 0) is 0 Å². The van der Waals surface area contributed by atoms with Crippen molar-refractivity contribution in [2.75, 3.05) is 5.32 Å². The van der Waals surface area contributed by atoms with Gasteiger partial charge in [0.1, 0.15) is 11.5 Å². The van der Waals surface area contributed by atoms with Gasteiger partial charge in [-0.15, -0.1) is 10.2 Å². The molecule has 0 spiro atoms. The van der Waals surface area contributed by atoms with Crippen molar-refractivity contribution in [2.24, 2.45) is 0 Å². The van der Waals surface area contributed by atoms with E-state index in [-0.39, 0.29) is 11.7 Å². The van der Waals surface area contributed by atoms with Gasteiger partial charge in [-0.2, -0.15) is 0 Å². The molecule has 3 heterocycles. The summed E-state index contributed by atoms with van der Waals surface area (Å²) in [6.07, 6.45) is 5.10. The van der Waals surface area contributed by atoms with Crippen molar-refractivity contribution in [3.05, 3.63) is 78.5 Å². The van der Waals surface area contributed by atoms with E-state index in [1.807, 2.05) is 25.1 Å². The molecule has 1 amide bonds. The molecule has 0 fully saturated rings. The van der Waals surface area contributed by atoms with E-state index >= 15 is 0 Å². The summed E-state index contributed by atoms with van der Waals surface area (Å²) in [4.78, 5) is 16.5. The largest absolute Gasteiger partial charge is 0.456 e. The first kappa shape index (κ1) is 15.8. The van der Waals surface area contributed by atoms with Gasteiger partial charge in [0.2, 0.25) is 5.82 Å². The summed E-state index contributed by atoms with van der Waals surface area (Å²) < 4.78 is 7.33. The van der Waals surface area contributed by atoms with Crippen molar-refractivity contribution in [2.45, 2.75) is 6.92 Å². The first-order valence-corrected chi connectivity index (χ1v) is 8.00. The van der Waals surface area contributed by atoms with Gasteiger partial charge in [-0.05, 0) is 61.0 Å². The van der Waals surface area contributed by atoms with Crippen LogP contribution in [0.5, 0.6) is 11.5 Å². The van der Waals surface area contributed by atoms with Gasteiger partial charge in [-0.3, -0.25) is 14.2 Å². The second kappa shape index (κ2) is 6.64. The van der Waals surface area contributed by atoms with Gasteiger partial charge in [0.05, 0.1) is 6.20 Å². The number of carbonyl (C=O) groups excluding carboxylic acids is 1. The highest BCUT2D eigenvalue weighted by Gasteiger charge is 2.14. The monoisotopic (exact) mass is 345 g/mol. The lowest BCUT2D eigenvalue weighted by Gasteiger charge is -2.07. The standard InChI is InChI=1S/C19H15N5O2/c1-13-8-10-24-17(11-13)22-23-18(24)19(25)21-14-4-6-15(7-5-14)26-16-3-2-9-20-12-16/h2-12H,1H3,(H,21,25). The molecule has 4 rings (SSSR count). The van der Waals surface area contributed by atoms with Crippen molar-refractivity contribution in [1.29, 1.82) is 0 Å². The molecule has 0 bridgehead atoms. The summed E-state index contributed by atoms with van der Waals surface area (Å²) in [7, 11) is 0. The average Bonchev–Trinajstić information content (AvgIpc) is 3.07. The Labute approximate surface area is 149 Å². The minimum atomic E-state index is -0.331. The minimum absolute atomic E-state index is 0.232. The topological polar surface area (TPSA) is 81.4 Å². The number of anilines is 1. The maximum Gasteiger partial charge on any atom is 0.293 e. The molecule has 0 atom stereocenters. The molecule has 1 aromatic carbocycles. The maximum absolute atomic E-state index is 12.5. The number of aromatic nitrogens is 4. The third-order valence-corrected chi connectivity index (χ3v) is 3.75. The van der Waals surface area contributed by atoms with Gasteiger partial charge in [0.15, 0.2) is 5.65 Å². The third-order valence-electron chi connectivity index (χ3n) is 3.75. The number of rotatable bonds is 4. The first-order valence-electron chi connectivity index (χ1n) is 8.00. The lowest BCUT2D eigenvalue weighted by molar-refractivity contribution is 0.101. The van der Waals surface area contributed by atoms with E-state index in [1.165, 1.54) is 0 Å². The fraction of sp³-hybridized carbons (Fsp3) is 0.0526. The van der Waals surface area contributed by atoms with Crippen LogP contribution in [0.3, 0.4) is 0 Å². The van der Waals surface area contributed by atoms with Gasteiger partial charge in [0, 0.05) is 18.1 Å². The molecule has 0 saturated carbocycles. The minimum Gasteiger partial charge on any atom is -0.456 e. The smallest absolute Gasteiger partial charge is 0.293 e. The number of fused-ring (bicyclic) bond motifs is 1. The van der Waals surface area contributed by atoms with Crippen LogP contribution in [0.2, 0.25) is 0 Å². The summed E-state index contributed by atoms with van der Waals surface area (Å²) >= 11 is 0. The van der Waals surface area contributed by atoms with Crippen molar-refractivity contribution >= 4 is 17.2 Å². The second-order valence-corrected chi connectivity index (χ2v) is 5.73. The SMILES string of the molecule is Cc1ccn2c(C(=O)Nc3ccc(Oc4cccnc4)cc3)nnc2c1. The number of hydrogen-bond acceptors (Lipinski definition) is 5. The molecule has 0 saturated heterocycles. The van der Waals surface area contributed by atoms with Crippen molar-refractivity contribution < 1.29 is 9.53 Å². The summed E-state index contributed by atoms with van der Waals surface area (Å²) in [5.74, 6) is 1.20. The molecule has 0 aliphatic carbocycles. The molecular weight excluding hydrogens is 330 g/mol. The van der Waals surface area contributed by atoms with Crippen molar-refractivity contribution in [1.82, 2.24) is 19.6 Å². The molecule has 0 radical (unpaired) electrons. The predicted octanol–water partition coefficient (Wildman–Crippen LogP) is 3.48. The predicted molar refractivity (Wildman–Crippen MR) is 96.4 cm³/mol. The number of nitrogens with one attached hydrogen (secondary N) is 1. The van der Waals surface area contributed by atoms with Gasteiger partial charge >= 0.3 is 0 Å². The quantitative estimate of drug-likeness (QED) is 0.612. The van der Waals surface area contributed by atoms with Gasteiger partial charge in [0.25, 0.3) is 5.91 Å². The van der Waals surface area contributed by atoms with Gasteiger partial charge < -0.3 is 10.1 Å². The molecule has 3 aromatic heterocycles. The zero-order chi connectivity index (χ0) is 17.9. The Bertz CT molecular complexity index is 1060. The van der Waals surface area contributed by atoms with Gasteiger partial charge in [-0.25, -0.2) is 0 Å². The maximum atomic E-state index is 12.5. The number of ether oxygens (including phenoxy) is 1. The van der Waals surface area contributed by atoms with E-state index in [4.69, 9.17) is 4.74 Å². The molecule has 128 valence electrons. The Morgan fingerprint density at radius 3 is 2.69 bits per heavy atom. The summed E-state index contributed by atoms with van der Waals surface area (Å²) in [6, 6.07) is 14.5. The number of pyridine rings is 2. The van der Waals surface area contributed by atoms with Crippen LogP contribution in [0, 0.1) is 6.92 Å². The highest BCUT2D eigenvalue weighted by Crippen LogP contribution is 2.22. The average molecular weight is 345 g/mol. The Morgan fingerprint density at radius 1 is 1.08 bits per heavy atom. The van der Waals surface area contributed by atoms with Crippen LogP contribution in [0.4, 0.5) is 5.69 Å². The zero-order valence-corrected chi connectivity index (χ0v) is 14.0. The zero-order valence-electron chi connectivity index (χ0n) is 14.0. The molecule has 4 aromatic rings. The summed E-state index contributed by atoms with van der Waals surface area (Å²) in [5.41, 5.74) is 2.33. The molecule has 7 heteroatoms. The van der Waals surface area contributed by atoms with Crippen LogP contribution < -0.4 is 10.1 Å². The van der Waals surface area contributed by atoms with Gasteiger partial charge in [-0.1, -0.05) is 0 Å². The molecule has 0 aliphatic heterocycles. The second-order valence-electron chi connectivity index (χ2n) is 5.73. The van der Waals surface area contributed by atoms with E-state index in [1.54, 1.807) is 53.3 Å². The van der Waals surface area contributed by atoms with Crippen LogP contribution in [0.25, 0.3) is 5.65 Å². The molecule has 7 nitrogen and oxygen atoms in total. The molecule has 0 unspecified atom stereocenters. The number of amides is 1. The van der Waals surface area contributed by atoms with E-state index in [0.717, 1.165) is 5.56 Å².